The van der Waals surface area contributed by atoms with E-state index in [0.29, 0.717) is 11.8 Å². The van der Waals surface area contributed by atoms with Gasteiger partial charge in [-0.3, -0.25) is 4.40 Å². The number of pyridine rings is 1. The third-order valence-corrected chi connectivity index (χ3v) is 7.74. The summed E-state index contributed by atoms with van der Waals surface area (Å²) in [4.78, 5) is 6.44. The Labute approximate surface area is 195 Å². The van der Waals surface area contributed by atoms with Crippen LogP contribution in [0.3, 0.4) is 0 Å². The molecule has 2 fully saturated rings. The standard InChI is InChI=1S/C27H33N5O/c1-18(2)26-23-15-20(19-5-10-31(11-6-19)22-8-13-33-14-9-22)3-4-24(23)29-27(26)21-7-12-32-17-28-30-25(32)16-21/h3-4,7,12,15-19,22,29H,5-6,8-11,13-14H2,1-2H3. The quantitative estimate of drug-likeness (QED) is 0.461. The minimum atomic E-state index is 0.425. The highest BCUT2D eigenvalue weighted by Crippen LogP contribution is 2.38. The lowest BCUT2D eigenvalue weighted by molar-refractivity contribution is 0.0252. The number of benzene rings is 1. The van der Waals surface area contributed by atoms with Crippen LogP contribution in [0.5, 0.6) is 0 Å². The van der Waals surface area contributed by atoms with Crippen molar-refractivity contribution in [3.05, 3.63) is 54.0 Å². The summed E-state index contributed by atoms with van der Waals surface area (Å²) in [6, 6.07) is 12.1. The van der Waals surface area contributed by atoms with Gasteiger partial charge in [0, 0.05) is 41.9 Å². The summed E-state index contributed by atoms with van der Waals surface area (Å²) < 4.78 is 7.52. The molecule has 5 heterocycles. The Balaban J connectivity index is 1.30. The SMILES string of the molecule is CC(C)c1c(-c2ccn3cnnc3c2)[nH]c2ccc(C3CCN(C4CCOCC4)CC3)cc12. The van der Waals surface area contributed by atoms with Gasteiger partial charge in [0.05, 0.1) is 5.69 Å². The lowest BCUT2D eigenvalue weighted by atomic mass is 9.86. The Kier molecular flexibility index (Phi) is 5.43. The van der Waals surface area contributed by atoms with Crippen LogP contribution >= 0.6 is 0 Å². The first kappa shape index (κ1) is 20.9. The topological polar surface area (TPSA) is 58.5 Å². The number of fused-ring (bicyclic) bond motifs is 2. The second-order valence-corrected chi connectivity index (χ2v) is 10.0. The number of piperidine rings is 1. The van der Waals surface area contributed by atoms with Gasteiger partial charge in [-0.05, 0) is 86.0 Å². The number of H-pyrrole nitrogens is 1. The predicted octanol–water partition coefficient (Wildman–Crippen LogP) is 5.36. The van der Waals surface area contributed by atoms with Gasteiger partial charge in [-0.15, -0.1) is 10.2 Å². The van der Waals surface area contributed by atoms with Gasteiger partial charge in [-0.1, -0.05) is 19.9 Å². The van der Waals surface area contributed by atoms with Crippen LogP contribution in [0.25, 0.3) is 27.8 Å². The smallest absolute Gasteiger partial charge is 0.161 e. The van der Waals surface area contributed by atoms with Gasteiger partial charge in [0.25, 0.3) is 0 Å². The Morgan fingerprint density at radius 3 is 2.64 bits per heavy atom. The number of rotatable bonds is 4. The van der Waals surface area contributed by atoms with Crippen LogP contribution in [0, 0.1) is 0 Å². The molecule has 4 aromatic rings. The maximum absolute atomic E-state index is 5.57. The third-order valence-electron chi connectivity index (χ3n) is 7.74. The van der Waals surface area contributed by atoms with Gasteiger partial charge in [-0.2, -0.15) is 0 Å². The van der Waals surface area contributed by atoms with Crippen LogP contribution in [-0.4, -0.2) is 56.8 Å². The summed E-state index contributed by atoms with van der Waals surface area (Å²) in [5.41, 5.74) is 7.36. The van der Waals surface area contributed by atoms with Gasteiger partial charge < -0.3 is 14.6 Å². The van der Waals surface area contributed by atoms with E-state index in [2.05, 4.69) is 64.3 Å². The lowest BCUT2D eigenvalue weighted by Crippen LogP contribution is -2.43. The molecule has 0 saturated carbocycles. The number of nitrogens with zero attached hydrogens (tertiary/aromatic N) is 4. The van der Waals surface area contributed by atoms with Gasteiger partial charge >= 0.3 is 0 Å². The van der Waals surface area contributed by atoms with Crippen molar-refractivity contribution in [2.75, 3.05) is 26.3 Å². The fourth-order valence-corrected chi connectivity index (χ4v) is 5.93. The molecule has 0 amide bonds. The van der Waals surface area contributed by atoms with Crippen molar-refractivity contribution in [2.45, 2.75) is 57.4 Å². The number of aromatic nitrogens is 4. The van der Waals surface area contributed by atoms with Gasteiger partial charge in [-0.25, -0.2) is 0 Å². The number of aromatic amines is 1. The van der Waals surface area contributed by atoms with Crippen molar-refractivity contribution in [2.24, 2.45) is 0 Å². The fourth-order valence-electron chi connectivity index (χ4n) is 5.93. The fraction of sp³-hybridized carbons (Fsp3) is 0.481. The van der Waals surface area contributed by atoms with Crippen molar-refractivity contribution < 1.29 is 4.74 Å². The van der Waals surface area contributed by atoms with E-state index in [0.717, 1.165) is 24.9 Å². The van der Waals surface area contributed by atoms with E-state index < -0.39 is 0 Å². The number of ether oxygens (including phenoxy) is 1. The van der Waals surface area contributed by atoms with E-state index in [1.54, 1.807) is 6.33 Å². The van der Waals surface area contributed by atoms with E-state index in [1.165, 1.54) is 72.1 Å². The Hall–Kier alpha value is -2.70. The molecule has 2 aliphatic heterocycles. The second kappa shape index (κ2) is 8.58. The van der Waals surface area contributed by atoms with Crippen molar-refractivity contribution in [3.63, 3.8) is 0 Å². The molecule has 6 nitrogen and oxygen atoms in total. The molecule has 6 heteroatoms. The van der Waals surface area contributed by atoms with Gasteiger partial charge in [0.1, 0.15) is 6.33 Å². The molecule has 0 spiro atoms. The molecule has 2 saturated heterocycles. The molecule has 172 valence electrons. The number of hydrogen-bond donors (Lipinski definition) is 1. The van der Waals surface area contributed by atoms with Crippen molar-refractivity contribution in [1.82, 2.24) is 24.5 Å². The first-order valence-electron chi connectivity index (χ1n) is 12.4. The van der Waals surface area contributed by atoms with Crippen LogP contribution in [0.15, 0.2) is 42.9 Å². The zero-order chi connectivity index (χ0) is 22.4. The largest absolute Gasteiger partial charge is 0.381 e. The predicted molar refractivity (Wildman–Crippen MR) is 132 cm³/mol. The molecule has 6 rings (SSSR count). The van der Waals surface area contributed by atoms with Gasteiger partial charge in [0.15, 0.2) is 5.65 Å². The summed E-state index contributed by atoms with van der Waals surface area (Å²) in [5.74, 6) is 1.07. The van der Waals surface area contributed by atoms with E-state index in [4.69, 9.17) is 4.74 Å². The molecular formula is C27H33N5O. The normalized spacial score (nSPS) is 19.2. The second-order valence-electron chi connectivity index (χ2n) is 10.0. The highest BCUT2D eigenvalue weighted by molar-refractivity contribution is 5.92. The highest BCUT2D eigenvalue weighted by Gasteiger charge is 2.27. The molecule has 0 bridgehead atoms. The minimum absolute atomic E-state index is 0.425. The Morgan fingerprint density at radius 1 is 1.03 bits per heavy atom. The van der Waals surface area contributed by atoms with Gasteiger partial charge in [0.2, 0.25) is 0 Å². The number of likely N-dealkylation sites (tertiary alicyclic amines) is 1. The number of hydrogen-bond acceptors (Lipinski definition) is 4. The van der Waals surface area contributed by atoms with Crippen molar-refractivity contribution in [1.29, 1.82) is 0 Å². The summed E-state index contributed by atoms with van der Waals surface area (Å²) in [6.45, 7) is 8.86. The maximum Gasteiger partial charge on any atom is 0.161 e. The molecule has 1 N–H and O–H groups in total. The van der Waals surface area contributed by atoms with Crippen LogP contribution < -0.4 is 0 Å². The average Bonchev–Trinajstić information content (AvgIpc) is 3.48. The monoisotopic (exact) mass is 443 g/mol. The minimum Gasteiger partial charge on any atom is -0.381 e. The molecule has 1 aromatic carbocycles. The van der Waals surface area contributed by atoms with E-state index in [1.807, 2.05) is 10.6 Å². The van der Waals surface area contributed by atoms with E-state index in [9.17, 15) is 0 Å². The average molecular weight is 444 g/mol. The van der Waals surface area contributed by atoms with Crippen LogP contribution in [-0.2, 0) is 4.74 Å². The molecule has 0 aliphatic carbocycles. The third kappa shape index (κ3) is 3.85. The van der Waals surface area contributed by atoms with E-state index in [-0.39, 0.29) is 0 Å². The molecule has 3 aromatic heterocycles. The lowest BCUT2D eigenvalue weighted by Gasteiger charge is -2.39. The van der Waals surface area contributed by atoms with Crippen molar-refractivity contribution in [3.8, 4) is 11.3 Å². The summed E-state index contributed by atoms with van der Waals surface area (Å²) in [5, 5.41) is 9.63. The highest BCUT2D eigenvalue weighted by atomic mass is 16.5. The van der Waals surface area contributed by atoms with E-state index >= 15 is 0 Å². The first-order chi connectivity index (χ1) is 16.2. The summed E-state index contributed by atoms with van der Waals surface area (Å²) in [7, 11) is 0. The molecular weight excluding hydrogens is 410 g/mol. The molecule has 0 atom stereocenters. The van der Waals surface area contributed by atoms with Crippen molar-refractivity contribution >= 4 is 16.6 Å². The summed E-state index contributed by atoms with van der Waals surface area (Å²) in [6.07, 6.45) is 8.68. The zero-order valence-electron chi connectivity index (χ0n) is 19.6. The maximum atomic E-state index is 5.57. The Morgan fingerprint density at radius 2 is 1.85 bits per heavy atom. The molecule has 0 unspecified atom stereocenters. The molecule has 33 heavy (non-hydrogen) atoms. The van der Waals surface area contributed by atoms with Crippen LogP contribution in [0.4, 0.5) is 0 Å². The molecule has 0 radical (unpaired) electrons. The number of nitrogens with one attached hydrogen (secondary N) is 1. The molecule has 2 aliphatic rings. The first-order valence-corrected chi connectivity index (χ1v) is 12.4. The zero-order valence-corrected chi connectivity index (χ0v) is 19.6. The Bertz CT molecular complexity index is 1260. The summed E-state index contributed by atoms with van der Waals surface area (Å²) >= 11 is 0. The van der Waals surface area contributed by atoms with Crippen LogP contribution in [0.2, 0.25) is 0 Å². The van der Waals surface area contributed by atoms with Crippen LogP contribution in [0.1, 0.15) is 62.5 Å².